The number of benzene rings is 1. The van der Waals surface area contributed by atoms with E-state index in [2.05, 4.69) is 39.4 Å². The summed E-state index contributed by atoms with van der Waals surface area (Å²) in [6.45, 7) is 1.64. The number of thioether (sulfide) groups is 1. The molecule has 122 valence electrons. The van der Waals surface area contributed by atoms with Crippen molar-refractivity contribution in [2.75, 3.05) is 18.8 Å². The second-order valence-electron chi connectivity index (χ2n) is 6.06. The van der Waals surface area contributed by atoms with E-state index in [0.717, 1.165) is 36.3 Å². The Balaban J connectivity index is 1.38. The maximum Gasteiger partial charge on any atom is 0.255 e. The highest BCUT2D eigenvalue weighted by Gasteiger charge is 2.27. The molecule has 1 aliphatic rings. The lowest BCUT2D eigenvalue weighted by Gasteiger charge is -2.16. The number of pyridine rings is 1. The number of nitrogens with one attached hydrogen (secondary N) is 1. The highest BCUT2D eigenvalue weighted by Crippen LogP contribution is 2.26. The monoisotopic (exact) mass is 338 g/mol. The predicted octanol–water partition coefficient (Wildman–Crippen LogP) is 3.21. The summed E-state index contributed by atoms with van der Waals surface area (Å²) in [6, 6.07) is 12.3. The number of hydrogen-bond acceptors (Lipinski definition) is 4. The minimum Gasteiger partial charge on any atom is -0.338 e. The standard InChI is InChI=1S/C18H18N4OS/c23-18(14-8-16-17(19-9-14)10-20-21-16)22-7-6-13(11-22)12-24-15-4-2-1-3-5-15/h1-5,8-10,13H,6-7,11-12H2,(H,20,21). The van der Waals surface area contributed by atoms with Crippen LogP contribution in [-0.4, -0.2) is 44.8 Å². The van der Waals surface area contributed by atoms with Crippen molar-refractivity contribution < 1.29 is 4.79 Å². The minimum atomic E-state index is 0.0613. The van der Waals surface area contributed by atoms with Gasteiger partial charge in [0.2, 0.25) is 0 Å². The maximum atomic E-state index is 12.7. The average molecular weight is 338 g/mol. The van der Waals surface area contributed by atoms with E-state index in [-0.39, 0.29) is 5.91 Å². The summed E-state index contributed by atoms with van der Waals surface area (Å²) in [7, 11) is 0. The number of carbonyl (C=O) groups is 1. The fraction of sp³-hybridized carbons (Fsp3) is 0.278. The van der Waals surface area contributed by atoms with Gasteiger partial charge in [-0.25, -0.2) is 0 Å². The lowest BCUT2D eigenvalue weighted by atomic mass is 10.2. The van der Waals surface area contributed by atoms with Gasteiger partial charge in [0.1, 0.15) is 5.52 Å². The van der Waals surface area contributed by atoms with Crippen LogP contribution in [0.15, 0.2) is 53.7 Å². The lowest BCUT2D eigenvalue weighted by Crippen LogP contribution is -2.29. The number of H-pyrrole nitrogens is 1. The van der Waals surface area contributed by atoms with E-state index >= 15 is 0 Å². The van der Waals surface area contributed by atoms with Gasteiger partial charge in [-0.15, -0.1) is 11.8 Å². The topological polar surface area (TPSA) is 61.9 Å². The first-order valence-corrected chi connectivity index (χ1v) is 9.04. The number of carbonyl (C=O) groups excluding carboxylic acids is 1. The van der Waals surface area contributed by atoms with E-state index in [4.69, 9.17) is 0 Å². The molecule has 1 amide bonds. The van der Waals surface area contributed by atoms with Crippen LogP contribution in [0.3, 0.4) is 0 Å². The van der Waals surface area contributed by atoms with Gasteiger partial charge in [-0.3, -0.25) is 14.9 Å². The molecule has 1 aromatic carbocycles. The largest absolute Gasteiger partial charge is 0.338 e. The van der Waals surface area contributed by atoms with Crippen LogP contribution in [0.4, 0.5) is 0 Å². The molecule has 3 heterocycles. The van der Waals surface area contributed by atoms with Gasteiger partial charge < -0.3 is 4.90 Å². The number of rotatable bonds is 4. The molecular weight excluding hydrogens is 320 g/mol. The zero-order valence-electron chi connectivity index (χ0n) is 13.2. The third-order valence-electron chi connectivity index (χ3n) is 4.34. The Morgan fingerprint density at radius 3 is 3.04 bits per heavy atom. The number of hydrogen-bond donors (Lipinski definition) is 1. The number of amides is 1. The molecule has 1 aliphatic heterocycles. The van der Waals surface area contributed by atoms with Crippen LogP contribution in [0.1, 0.15) is 16.8 Å². The van der Waals surface area contributed by atoms with E-state index in [1.807, 2.05) is 28.8 Å². The summed E-state index contributed by atoms with van der Waals surface area (Å²) in [6.07, 6.45) is 4.37. The first-order chi connectivity index (χ1) is 11.8. The Kier molecular flexibility index (Phi) is 4.21. The molecule has 1 saturated heterocycles. The van der Waals surface area contributed by atoms with E-state index in [1.165, 1.54) is 4.90 Å². The molecule has 0 saturated carbocycles. The van der Waals surface area contributed by atoms with Crippen LogP contribution < -0.4 is 0 Å². The summed E-state index contributed by atoms with van der Waals surface area (Å²) >= 11 is 1.87. The molecule has 1 N–H and O–H groups in total. The summed E-state index contributed by atoms with van der Waals surface area (Å²) < 4.78 is 0. The van der Waals surface area contributed by atoms with Crippen molar-refractivity contribution in [3.8, 4) is 0 Å². The zero-order valence-corrected chi connectivity index (χ0v) is 14.0. The molecule has 0 radical (unpaired) electrons. The van der Waals surface area contributed by atoms with Gasteiger partial charge in [0.15, 0.2) is 0 Å². The quantitative estimate of drug-likeness (QED) is 0.742. The van der Waals surface area contributed by atoms with Crippen molar-refractivity contribution in [2.45, 2.75) is 11.3 Å². The van der Waals surface area contributed by atoms with Gasteiger partial charge in [-0.05, 0) is 30.5 Å². The van der Waals surface area contributed by atoms with Gasteiger partial charge in [0.25, 0.3) is 5.91 Å². The van der Waals surface area contributed by atoms with Crippen molar-refractivity contribution in [1.29, 1.82) is 0 Å². The van der Waals surface area contributed by atoms with Crippen LogP contribution in [0.5, 0.6) is 0 Å². The number of aromatic nitrogens is 3. The van der Waals surface area contributed by atoms with Gasteiger partial charge in [0, 0.05) is 29.9 Å². The van der Waals surface area contributed by atoms with Gasteiger partial charge >= 0.3 is 0 Å². The SMILES string of the molecule is O=C(c1cnc2cn[nH]c2c1)N1CCC(CSc2ccccc2)C1. The average Bonchev–Trinajstić information content (AvgIpc) is 3.29. The highest BCUT2D eigenvalue weighted by atomic mass is 32.2. The molecule has 5 nitrogen and oxygen atoms in total. The zero-order chi connectivity index (χ0) is 16.4. The van der Waals surface area contributed by atoms with E-state index in [1.54, 1.807) is 12.4 Å². The fourth-order valence-electron chi connectivity index (χ4n) is 3.01. The third kappa shape index (κ3) is 3.14. The Hall–Kier alpha value is -2.34. The van der Waals surface area contributed by atoms with Crippen LogP contribution in [-0.2, 0) is 0 Å². The molecular formula is C18H18N4OS. The number of fused-ring (bicyclic) bond motifs is 1. The molecule has 4 rings (SSSR count). The van der Waals surface area contributed by atoms with Gasteiger partial charge in [-0.1, -0.05) is 18.2 Å². The molecule has 0 bridgehead atoms. The molecule has 3 aromatic rings. The van der Waals surface area contributed by atoms with Crippen LogP contribution in [0.25, 0.3) is 11.0 Å². The number of likely N-dealkylation sites (tertiary alicyclic amines) is 1. The van der Waals surface area contributed by atoms with Crippen molar-refractivity contribution in [3.63, 3.8) is 0 Å². The Morgan fingerprint density at radius 2 is 2.17 bits per heavy atom. The molecule has 0 aliphatic carbocycles. The lowest BCUT2D eigenvalue weighted by molar-refractivity contribution is 0.0788. The Morgan fingerprint density at radius 1 is 1.29 bits per heavy atom. The normalized spacial score (nSPS) is 17.5. The van der Waals surface area contributed by atoms with Crippen molar-refractivity contribution in [2.24, 2.45) is 5.92 Å². The highest BCUT2D eigenvalue weighted by molar-refractivity contribution is 7.99. The molecule has 1 fully saturated rings. The Labute approximate surface area is 144 Å². The molecule has 0 spiro atoms. The smallest absolute Gasteiger partial charge is 0.255 e. The number of nitrogens with zero attached hydrogens (tertiary/aromatic N) is 3. The van der Waals surface area contributed by atoms with E-state index in [9.17, 15) is 4.79 Å². The first kappa shape index (κ1) is 15.2. The second kappa shape index (κ2) is 6.65. The van der Waals surface area contributed by atoms with Gasteiger partial charge in [0.05, 0.1) is 17.3 Å². The summed E-state index contributed by atoms with van der Waals surface area (Å²) in [5.74, 6) is 1.65. The molecule has 2 aromatic heterocycles. The van der Waals surface area contributed by atoms with Crippen molar-refractivity contribution in [1.82, 2.24) is 20.1 Å². The second-order valence-corrected chi connectivity index (χ2v) is 7.15. The minimum absolute atomic E-state index is 0.0613. The van der Waals surface area contributed by atoms with E-state index in [0.29, 0.717) is 11.5 Å². The third-order valence-corrected chi connectivity index (χ3v) is 5.58. The summed E-state index contributed by atoms with van der Waals surface area (Å²) in [5, 5.41) is 6.82. The predicted molar refractivity (Wildman–Crippen MR) is 95.1 cm³/mol. The molecule has 1 atom stereocenters. The molecule has 1 unspecified atom stereocenters. The van der Waals surface area contributed by atoms with Crippen LogP contribution >= 0.6 is 11.8 Å². The fourth-order valence-corrected chi connectivity index (χ4v) is 4.06. The maximum absolute atomic E-state index is 12.7. The van der Waals surface area contributed by atoms with Crippen LogP contribution in [0.2, 0.25) is 0 Å². The van der Waals surface area contributed by atoms with Gasteiger partial charge in [-0.2, -0.15) is 5.10 Å². The van der Waals surface area contributed by atoms with E-state index < -0.39 is 0 Å². The van der Waals surface area contributed by atoms with Crippen LogP contribution in [0, 0.1) is 5.92 Å². The molecule has 6 heteroatoms. The van der Waals surface area contributed by atoms with Crippen molar-refractivity contribution >= 4 is 28.7 Å². The number of aromatic amines is 1. The summed E-state index contributed by atoms with van der Waals surface area (Å²) in [5.41, 5.74) is 2.21. The first-order valence-electron chi connectivity index (χ1n) is 8.06. The summed E-state index contributed by atoms with van der Waals surface area (Å²) in [4.78, 5) is 20.2. The molecule has 24 heavy (non-hydrogen) atoms. The Bertz CT molecular complexity index is 848. The van der Waals surface area contributed by atoms with Crippen molar-refractivity contribution in [3.05, 3.63) is 54.4 Å².